The van der Waals surface area contributed by atoms with Crippen LogP contribution in [0.15, 0.2) is 0 Å². The van der Waals surface area contributed by atoms with Gasteiger partial charge >= 0.3 is 0 Å². The van der Waals surface area contributed by atoms with E-state index < -0.39 is 4.32 Å². The molecule has 1 atom stereocenters. The van der Waals surface area contributed by atoms with Crippen LogP contribution in [0.2, 0.25) is 0 Å². The number of likely N-dealkylation sites (tertiary alicyclic amines) is 1. The lowest BCUT2D eigenvalue weighted by atomic mass is 10.2. The number of carbonyl (C=O) groups excluding carboxylic acids is 1. The molecule has 1 heterocycles. The average Bonchev–Trinajstić information content (AvgIpc) is 2.32. The molecule has 1 aliphatic heterocycles. The van der Waals surface area contributed by atoms with Gasteiger partial charge in [0.25, 0.3) is 0 Å². The minimum absolute atomic E-state index is 0.0547. The zero-order chi connectivity index (χ0) is 9.35. The van der Waals surface area contributed by atoms with Gasteiger partial charge in [-0.1, -0.05) is 15.9 Å². The molecule has 0 aromatic carbocycles. The molecule has 1 N–H and O–H groups in total. The Hall–Kier alpha value is -0.0900. The van der Waals surface area contributed by atoms with Crippen molar-refractivity contribution in [1.29, 1.82) is 0 Å². The van der Waals surface area contributed by atoms with E-state index in [1.807, 2.05) is 13.8 Å². The van der Waals surface area contributed by atoms with E-state index in [0.717, 1.165) is 0 Å². The van der Waals surface area contributed by atoms with Crippen LogP contribution in [0.4, 0.5) is 0 Å². The first kappa shape index (κ1) is 9.99. The second kappa shape index (κ2) is 3.34. The maximum absolute atomic E-state index is 11.6. The van der Waals surface area contributed by atoms with Gasteiger partial charge in [-0.05, 0) is 20.3 Å². The zero-order valence-corrected chi connectivity index (χ0v) is 8.97. The summed E-state index contributed by atoms with van der Waals surface area (Å²) in [6.07, 6.45) is 0.373. The topological polar surface area (TPSA) is 40.5 Å². The van der Waals surface area contributed by atoms with Gasteiger partial charge < -0.3 is 10.0 Å². The molecule has 70 valence electrons. The van der Waals surface area contributed by atoms with Gasteiger partial charge in [-0.2, -0.15) is 0 Å². The summed E-state index contributed by atoms with van der Waals surface area (Å²) in [6.45, 7) is 4.79. The zero-order valence-electron chi connectivity index (χ0n) is 7.38. The van der Waals surface area contributed by atoms with E-state index in [9.17, 15) is 9.90 Å². The first-order valence-corrected chi connectivity index (χ1v) is 4.87. The van der Waals surface area contributed by atoms with Gasteiger partial charge in [-0.15, -0.1) is 0 Å². The number of aliphatic hydroxyl groups excluding tert-OH is 1. The third-order valence-electron chi connectivity index (χ3n) is 1.96. The van der Waals surface area contributed by atoms with Crippen LogP contribution in [-0.4, -0.2) is 39.4 Å². The van der Waals surface area contributed by atoms with Crippen molar-refractivity contribution in [2.24, 2.45) is 0 Å². The van der Waals surface area contributed by atoms with E-state index in [1.165, 1.54) is 0 Å². The molecule has 1 fully saturated rings. The quantitative estimate of drug-likeness (QED) is 0.682. The molecule has 0 spiro atoms. The summed E-state index contributed by atoms with van der Waals surface area (Å²) in [6, 6.07) is 0. The number of hydrogen-bond donors (Lipinski definition) is 1. The van der Waals surface area contributed by atoms with Crippen LogP contribution in [0.5, 0.6) is 0 Å². The normalized spacial score (nSPS) is 24.7. The molecule has 12 heavy (non-hydrogen) atoms. The van der Waals surface area contributed by atoms with E-state index in [-0.39, 0.29) is 12.0 Å². The molecule has 1 unspecified atom stereocenters. The SMILES string of the molecule is CC(C)(Br)C(=O)N1CCC(O)C1. The fraction of sp³-hybridized carbons (Fsp3) is 0.875. The minimum atomic E-state index is -0.503. The first-order valence-electron chi connectivity index (χ1n) is 4.07. The molecule has 0 aliphatic carbocycles. The number of amides is 1. The third kappa shape index (κ3) is 2.20. The summed E-state index contributed by atoms with van der Waals surface area (Å²) in [5, 5.41) is 9.21. The Morgan fingerprint density at radius 1 is 1.67 bits per heavy atom. The highest BCUT2D eigenvalue weighted by atomic mass is 79.9. The second-order valence-corrected chi connectivity index (χ2v) is 5.65. The van der Waals surface area contributed by atoms with E-state index in [0.29, 0.717) is 19.5 Å². The number of carbonyl (C=O) groups is 1. The van der Waals surface area contributed by atoms with Crippen molar-refractivity contribution in [3.8, 4) is 0 Å². The van der Waals surface area contributed by atoms with Crippen LogP contribution in [0.1, 0.15) is 20.3 Å². The molecular formula is C8H14BrNO2. The van der Waals surface area contributed by atoms with Crippen molar-refractivity contribution in [3.63, 3.8) is 0 Å². The van der Waals surface area contributed by atoms with Crippen LogP contribution in [0, 0.1) is 0 Å². The van der Waals surface area contributed by atoms with Gasteiger partial charge in [-0.25, -0.2) is 0 Å². The van der Waals surface area contributed by atoms with Crippen LogP contribution in [0.3, 0.4) is 0 Å². The van der Waals surface area contributed by atoms with Crippen molar-refractivity contribution < 1.29 is 9.90 Å². The molecule has 4 heteroatoms. The Kier molecular flexibility index (Phi) is 2.78. The number of hydrogen-bond acceptors (Lipinski definition) is 2. The lowest BCUT2D eigenvalue weighted by Gasteiger charge is -2.23. The maximum atomic E-state index is 11.6. The Balaban J connectivity index is 2.55. The van der Waals surface area contributed by atoms with Gasteiger partial charge in [0.05, 0.1) is 10.4 Å². The first-order chi connectivity index (χ1) is 5.41. The minimum Gasteiger partial charge on any atom is -0.391 e. The van der Waals surface area contributed by atoms with Gasteiger partial charge in [-0.3, -0.25) is 4.79 Å². The van der Waals surface area contributed by atoms with Gasteiger partial charge in [0.1, 0.15) is 0 Å². The summed E-state index contributed by atoms with van der Waals surface area (Å²) in [4.78, 5) is 13.3. The monoisotopic (exact) mass is 235 g/mol. The maximum Gasteiger partial charge on any atom is 0.238 e. The van der Waals surface area contributed by atoms with Crippen molar-refractivity contribution in [2.75, 3.05) is 13.1 Å². The van der Waals surface area contributed by atoms with Crippen LogP contribution in [0.25, 0.3) is 0 Å². The number of halogens is 1. The van der Waals surface area contributed by atoms with E-state index in [2.05, 4.69) is 15.9 Å². The van der Waals surface area contributed by atoms with Crippen LogP contribution < -0.4 is 0 Å². The largest absolute Gasteiger partial charge is 0.391 e. The van der Waals surface area contributed by atoms with Crippen LogP contribution >= 0.6 is 15.9 Å². The summed E-state index contributed by atoms with van der Waals surface area (Å²) < 4.78 is -0.503. The predicted octanol–water partition coefficient (Wildman–Crippen LogP) is 0.753. The number of β-amino-alcohol motifs (C(OH)–C–C–N with tert-alkyl or cyclic N) is 1. The van der Waals surface area contributed by atoms with Gasteiger partial charge in [0.2, 0.25) is 5.91 Å². The molecule has 0 radical (unpaired) electrons. The number of rotatable bonds is 1. The fourth-order valence-corrected chi connectivity index (χ4v) is 1.55. The van der Waals surface area contributed by atoms with Gasteiger partial charge in [0, 0.05) is 13.1 Å². The second-order valence-electron chi connectivity index (χ2n) is 3.67. The number of aliphatic hydroxyl groups is 1. The molecule has 1 saturated heterocycles. The van der Waals surface area contributed by atoms with Crippen LogP contribution in [-0.2, 0) is 4.79 Å². The molecule has 0 saturated carbocycles. The summed E-state index contributed by atoms with van der Waals surface area (Å²) in [5.41, 5.74) is 0. The molecular weight excluding hydrogens is 222 g/mol. The lowest BCUT2D eigenvalue weighted by Crippen LogP contribution is -2.40. The van der Waals surface area contributed by atoms with Crippen molar-refractivity contribution in [3.05, 3.63) is 0 Å². The molecule has 0 aromatic heterocycles. The highest BCUT2D eigenvalue weighted by molar-refractivity contribution is 9.10. The Morgan fingerprint density at radius 2 is 2.25 bits per heavy atom. The molecule has 0 aromatic rings. The smallest absolute Gasteiger partial charge is 0.238 e. The summed E-state index contributed by atoms with van der Waals surface area (Å²) >= 11 is 3.30. The van der Waals surface area contributed by atoms with E-state index in [1.54, 1.807) is 4.90 Å². The molecule has 3 nitrogen and oxygen atoms in total. The Bertz CT molecular complexity index is 188. The van der Waals surface area contributed by atoms with Crippen molar-refractivity contribution >= 4 is 21.8 Å². The average molecular weight is 236 g/mol. The number of nitrogens with zero attached hydrogens (tertiary/aromatic N) is 1. The Morgan fingerprint density at radius 3 is 2.58 bits per heavy atom. The van der Waals surface area contributed by atoms with Crippen molar-refractivity contribution in [2.45, 2.75) is 30.7 Å². The molecule has 0 bridgehead atoms. The Labute approximate surface area is 80.9 Å². The number of alkyl halides is 1. The van der Waals surface area contributed by atoms with E-state index >= 15 is 0 Å². The van der Waals surface area contributed by atoms with Gasteiger partial charge in [0.15, 0.2) is 0 Å². The fourth-order valence-electron chi connectivity index (χ4n) is 1.30. The van der Waals surface area contributed by atoms with E-state index in [4.69, 9.17) is 0 Å². The molecule has 1 rings (SSSR count). The lowest BCUT2D eigenvalue weighted by molar-refractivity contribution is -0.132. The standard InChI is InChI=1S/C8H14BrNO2/c1-8(2,9)7(12)10-4-3-6(11)5-10/h6,11H,3-5H2,1-2H3. The predicted molar refractivity (Wildman–Crippen MR) is 50.2 cm³/mol. The highest BCUT2D eigenvalue weighted by Crippen LogP contribution is 2.22. The molecule has 1 aliphatic rings. The third-order valence-corrected chi connectivity index (χ3v) is 2.30. The summed E-state index contributed by atoms with van der Waals surface area (Å²) in [5.74, 6) is 0.0547. The molecule has 1 amide bonds. The summed E-state index contributed by atoms with van der Waals surface area (Å²) in [7, 11) is 0. The highest BCUT2D eigenvalue weighted by Gasteiger charge is 2.33. The van der Waals surface area contributed by atoms with Crippen molar-refractivity contribution in [1.82, 2.24) is 4.90 Å².